The third-order valence-corrected chi connectivity index (χ3v) is 2.19. The molecule has 94 valence electrons. The highest BCUT2D eigenvalue weighted by molar-refractivity contribution is 5.66. The molecule has 7 nitrogen and oxygen atoms in total. The first-order valence-electron chi connectivity index (χ1n) is 5.03. The van der Waals surface area contributed by atoms with Crippen molar-refractivity contribution < 1.29 is 13.8 Å². The lowest BCUT2D eigenvalue weighted by Gasteiger charge is -1.97. The molecule has 0 aliphatic carbocycles. The molecule has 0 unspecified atom stereocenters. The summed E-state index contributed by atoms with van der Waals surface area (Å²) in [7, 11) is 1.70. The van der Waals surface area contributed by atoms with Crippen LogP contribution in [0.2, 0.25) is 0 Å². The maximum atomic E-state index is 13.1. The molecule has 18 heavy (non-hydrogen) atoms. The molecular weight excluding hydrogens is 243 g/mol. The van der Waals surface area contributed by atoms with E-state index in [4.69, 9.17) is 4.52 Å². The van der Waals surface area contributed by atoms with Gasteiger partial charge in [0.05, 0.1) is 11.5 Å². The normalized spacial score (nSPS) is 10.6. The summed E-state index contributed by atoms with van der Waals surface area (Å²) in [6, 6.07) is 3.06. The number of rotatable bonds is 4. The van der Waals surface area contributed by atoms with Gasteiger partial charge in [0, 0.05) is 6.07 Å². The van der Waals surface area contributed by atoms with Crippen molar-refractivity contribution in [2.45, 2.75) is 6.54 Å². The monoisotopic (exact) mass is 252 g/mol. The minimum Gasteiger partial charge on any atom is -0.334 e. The second kappa shape index (κ2) is 4.88. The molecule has 0 saturated carbocycles. The van der Waals surface area contributed by atoms with E-state index < -0.39 is 10.7 Å². The van der Waals surface area contributed by atoms with Gasteiger partial charge in [-0.05, 0) is 19.2 Å². The molecular formula is C10H9FN4O3. The fourth-order valence-electron chi connectivity index (χ4n) is 1.43. The van der Waals surface area contributed by atoms with Crippen molar-refractivity contribution >= 4 is 5.69 Å². The van der Waals surface area contributed by atoms with Gasteiger partial charge in [-0.25, -0.2) is 4.39 Å². The largest absolute Gasteiger partial charge is 0.334 e. The third-order valence-electron chi connectivity index (χ3n) is 2.19. The molecule has 0 aliphatic heterocycles. The second-order valence-electron chi connectivity index (χ2n) is 3.46. The molecule has 1 aromatic carbocycles. The molecule has 1 N–H and O–H groups in total. The first-order valence-corrected chi connectivity index (χ1v) is 5.03. The number of benzene rings is 1. The van der Waals surface area contributed by atoms with Gasteiger partial charge in [-0.15, -0.1) is 0 Å². The van der Waals surface area contributed by atoms with Crippen LogP contribution in [0.15, 0.2) is 22.7 Å². The summed E-state index contributed by atoms with van der Waals surface area (Å²) in [4.78, 5) is 14.1. The lowest BCUT2D eigenvalue weighted by Crippen LogP contribution is -2.06. The summed E-state index contributed by atoms with van der Waals surface area (Å²) < 4.78 is 18.0. The fraction of sp³-hybridized carbons (Fsp3) is 0.200. The average Bonchev–Trinajstić information content (AvgIpc) is 2.77. The van der Waals surface area contributed by atoms with E-state index in [1.54, 1.807) is 7.05 Å². The highest BCUT2D eigenvalue weighted by Gasteiger charge is 2.21. The molecule has 0 saturated heterocycles. The van der Waals surface area contributed by atoms with Crippen LogP contribution in [0.4, 0.5) is 10.1 Å². The summed E-state index contributed by atoms with van der Waals surface area (Å²) in [6.07, 6.45) is 0. The lowest BCUT2D eigenvalue weighted by molar-refractivity contribution is -0.384. The minimum atomic E-state index is -0.628. The van der Waals surface area contributed by atoms with Crippen LogP contribution in [0.1, 0.15) is 5.82 Å². The number of hydrogen-bond donors (Lipinski definition) is 1. The first kappa shape index (κ1) is 12.1. The Balaban J connectivity index is 2.47. The number of nitrogens with zero attached hydrogens (tertiary/aromatic N) is 3. The zero-order valence-corrected chi connectivity index (χ0v) is 9.38. The van der Waals surface area contributed by atoms with Crippen molar-refractivity contribution in [1.82, 2.24) is 15.5 Å². The summed E-state index contributed by atoms with van der Waals surface area (Å²) in [5, 5.41) is 17.2. The van der Waals surface area contributed by atoms with Gasteiger partial charge in [-0.1, -0.05) is 5.16 Å². The van der Waals surface area contributed by atoms with E-state index in [0.717, 1.165) is 18.2 Å². The molecule has 0 fully saturated rings. The topological polar surface area (TPSA) is 94.1 Å². The van der Waals surface area contributed by atoms with E-state index in [2.05, 4.69) is 15.5 Å². The maximum Gasteiger partial charge on any atom is 0.282 e. The quantitative estimate of drug-likeness (QED) is 0.654. The van der Waals surface area contributed by atoms with Crippen LogP contribution in [-0.4, -0.2) is 22.1 Å². The Bertz CT molecular complexity index is 584. The van der Waals surface area contributed by atoms with Gasteiger partial charge < -0.3 is 9.84 Å². The number of aromatic nitrogens is 2. The zero-order chi connectivity index (χ0) is 13.1. The number of halogens is 1. The maximum absolute atomic E-state index is 13.1. The molecule has 2 aromatic rings. The van der Waals surface area contributed by atoms with Crippen molar-refractivity contribution in [2.24, 2.45) is 0 Å². The number of nitro groups is 1. The van der Waals surface area contributed by atoms with Gasteiger partial charge in [0.25, 0.3) is 11.6 Å². The predicted molar refractivity (Wildman–Crippen MR) is 59.1 cm³/mol. The lowest BCUT2D eigenvalue weighted by atomic mass is 10.2. The van der Waals surface area contributed by atoms with E-state index >= 15 is 0 Å². The van der Waals surface area contributed by atoms with Crippen molar-refractivity contribution in [1.29, 1.82) is 0 Å². The van der Waals surface area contributed by atoms with Crippen LogP contribution < -0.4 is 5.32 Å². The summed E-state index contributed by atoms with van der Waals surface area (Å²) in [5.41, 5.74) is -0.314. The van der Waals surface area contributed by atoms with Gasteiger partial charge in [0.2, 0.25) is 0 Å². The smallest absolute Gasteiger partial charge is 0.282 e. The van der Waals surface area contributed by atoms with E-state index in [1.807, 2.05) is 0 Å². The molecule has 0 amide bonds. The highest BCUT2D eigenvalue weighted by atomic mass is 19.1. The predicted octanol–water partition coefficient (Wildman–Crippen LogP) is 1.50. The van der Waals surface area contributed by atoms with Gasteiger partial charge >= 0.3 is 0 Å². The Morgan fingerprint density at radius 2 is 2.33 bits per heavy atom. The van der Waals surface area contributed by atoms with Gasteiger partial charge in [0.15, 0.2) is 5.82 Å². The molecule has 2 rings (SSSR count). The molecule has 0 spiro atoms. The zero-order valence-electron chi connectivity index (χ0n) is 9.38. The molecule has 0 bridgehead atoms. The van der Waals surface area contributed by atoms with Gasteiger partial charge in [0.1, 0.15) is 11.4 Å². The van der Waals surface area contributed by atoms with Crippen molar-refractivity contribution in [2.75, 3.05) is 7.05 Å². The van der Waals surface area contributed by atoms with Crippen LogP contribution in [0, 0.1) is 15.9 Å². The molecule has 0 radical (unpaired) electrons. The van der Waals surface area contributed by atoms with Gasteiger partial charge in [-0.2, -0.15) is 4.98 Å². The van der Waals surface area contributed by atoms with Crippen molar-refractivity contribution in [3.05, 3.63) is 40.0 Å². The first-order chi connectivity index (χ1) is 8.61. The summed E-state index contributed by atoms with van der Waals surface area (Å²) >= 11 is 0. The van der Waals surface area contributed by atoms with E-state index in [1.165, 1.54) is 0 Å². The van der Waals surface area contributed by atoms with E-state index in [-0.39, 0.29) is 17.1 Å². The van der Waals surface area contributed by atoms with E-state index in [9.17, 15) is 14.5 Å². The minimum absolute atomic E-state index is 0.0325. The molecule has 8 heteroatoms. The van der Waals surface area contributed by atoms with E-state index in [0.29, 0.717) is 12.4 Å². The summed E-state index contributed by atoms with van der Waals surface area (Å²) in [6.45, 7) is 0.354. The number of hydrogen-bond acceptors (Lipinski definition) is 6. The second-order valence-corrected chi connectivity index (χ2v) is 3.46. The SMILES string of the molecule is CNCc1noc(-c2cc(F)ccc2[N+](=O)[O-])n1. The Morgan fingerprint density at radius 3 is 3.00 bits per heavy atom. The van der Waals surface area contributed by atoms with Crippen LogP contribution in [0.25, 0.3) is 11.5 Å². The Kier molecular flexibility index (Phi) is 3.28. The highest BCUT2D eigenvalue weighted by Crippen LogP contribution is 2.29. The molecule has 1 heterocycles. The number of nitrogens with one attached hydrogen (secondary N) is 1. The van der Waals surface area contributed by atoms with Crippen molar-refractivity contribution in [3.63, 3.8) is 0 Å². The third kappa shape index (κ3) is 2.33. The average molecular weight is 252 g/mol. The Labute approximate surface area is 101 Å². The van der Waals surface area contributed by atoms with Crippen LogP contribution in [0.3, 0.4) is 0 Å². The van der Waals surface area contributed by atoms with Crippen molar-refractivity contribution in [3.8, 4) is 11.5 Å². The van der Waals surface area contributed by atoms with Gasteiger partial charge in [-0.3, -0.25) is 10.1 Å². The Hall–Kier alpha value is -2.35. The summed E-state index contributed by atoms with van der Waals surface area (Å²) in [5.74, 6) is -0.346. The number of nitro benzene ring substituents is 1. The standard InChI is InChI=1S/C10H9FN4O3/c1-12-5-9-13-10(18-14-9)7-4-6(11)2-3-8(7)15(16)17/h2-4,12H,5H2,1H3. The Morgan fingerprint density at radius 1 is 1.56 bits per heavy atom. The van der Waals surface area contributed by atoms with Crippen LogP contribution in [0.5, 0.6) is 0 Å². The molecule has 0 aliphatic rings. The van der Waals surface area contributed by atoms with Crippen LogP contribution in [-0.2, 0) is 6.54 Å². The molecule has 0 atom stereocenters. The van der Waals surface area contributed by atoms with Crippen LogP contribution >= 0.6 is 0 Å². The fourth-order valence-corrected chi connectivity index (χ4v) is 1.43. The molecule has 1 aromatic heterocycles.